The lowest BCUT2D eigenvalue weighted by atomic mass is 9.86. The van der Waals surface area contributed by atoms with E-state index in [1.54, 1.807) is 14.2 Å². The van der Waals surface area contributed by atoms with E-state index < -0.39 is 6.04 Å². The van der Waals surface area contributed by atoms with E-state index >= 15 is 0 Å². The first-order chi connectivity index (χ1) is 16.6. The smallest absolute Gasteiger partial charge is 0.193 e. The van der Waals surface area contributed by atoms with Crippen molar-refractivity contribution in [1.29, 1.82) is 0 Å². The van der Waals surface area contributed by atoms with Gasteiger partial charge < -0.3 is 20.1 Å². The SMILES string of the molecule is COc1ccc(C2Nc3ccc(C(=O)c4ccccc4)cc3NC3=C2C(=O)CCC3)c(OC)c1. The van der Waals surface area contributed by atoms with Gasteiger partial charge in [-0.3, -0.25) is 9.59 Å². The Morgan fingerprint density at radius 1 is 0.882 bits per heavy atom. The Morgan fingerprint density at radius 3 is 2.47 bits per heavy atom. The van der Waals surface area contributed by atoms with Crippen LogP contribution in [-0.4, -0.2) is 25.8 Å². The van der Waals surface area contributed by atoms with Crippen LogP contribution < -0.4 is 20.1 Å². The summed E-state index contributed by atoms with van der Waals surface area (Å²) in [6, 6.07) is 20.0. The molecule has 1 aliphatic carbocycles. The summed E-state index contributed by atoms with van der Waals surface area (Å²) in [5, 5.41) is 7.03. The van der Waals surface area contributed by atoms with Crippen molar-refractivity contribution in [2.24, 2.45) is 0 Å². The van der Waals surface area contributed by atoms with Gasteiger partial charge in [0.1, 0.15) is 11.5 Å². The first-order valence-corrected chi connectivity index (χ1v) is 11.3. The number of nitrogens with one attached hydrogen (secondary N) is 2. The maximum absolute atomic E-state index is 13.1. The summed E-state index contributed by atoms with van der Waals surface area (Å²) in [6.45, 7) is 0. The van der Waals surface area contributed by atoms with Gasteiger partial charge in [0, 0.05) is 40.4 Å². The Balaban J connectivity index is 1.60. The minimum atomic E-state index is -0.395. The van der Waals surface area contributed by atoms with Crippen LogP contribution in [0.4, 0.5) is 11.4 Å². The number of hydrogen-bond acceptors (Lipinski definition) is 6. The van der Waals surface area contributed by atoms with Crippen LogP contribution in [-0.2, 0) is 4.79 Å². The van der Waals surface area contributed by atoms with Crippen LogP contribution in [0, 0.1) is 0 Å². The number of carbonyl (C=O) groups excluding carboxylic acids is 2. The summed E-state index contributed by atoms with van der Waals surface area (Å²) in [6.07, 6.45) is 2.05. The molecule has 0 saturated carbocycles. The number of hydrogen-bond donors (Lipinski definition) is 2. The van der Waals surface area contributed by atoms with E-state index in [1.165, 1.54) is 0 Å². The van der Waals surface area contributed by atoms with Gasteiger partial charge in [-0.1, -0.05) is 30.3 Å². The maximum atomic E-state index is 13.1. The number of allylic oxidation sites excluding steroid dienone is 1. The Labute approximate surface area is 198 Å². The number of carbonyl (C=O) groups is 2. The summed E-state index contributed by atoms with van der Waals surface area (Å²) in [5.41, 5.74) is 5.26. The van der Waals surface area contributed by atoms with Crippen molar-refractivity contribution in [3.05, 3.63) is 94.7 Å². The van der Waals surface area contributed by atoms with Crippen molar-refractivity contribution < 1.29 is 19.1 Å². The lowest BCUT2D eigenvalue weighted by molar-refractivity contribution is -0.116. The van der Waals surface area contributed by atoms with E-state index in [0.29, 0.717) is 34.6 Å². The predicted molar refractivity (Wildman–Crippen MR) is 132 cm³/mol. The highest BCUT2D eigenvalue weighted by molar-refractivity contribution is 6.10. The topological polar surface area (TPSA) is 76.7 Å². The van der Waals surface area contributed by atoms with Crippen molar-refractivity contribution in [2.45, 2.75) is 25.3 Å². The predicted octanol–water partition coefficient (Wildman–Crippen LogP) is 5.52. The monoisotopic (exact) mass is 454 g/mol. The van der Waals surface area contributed by atoms with Crippen molar-refractivity contribution in [2.75, 3.05) is 24.9 Å². The highest BCUT2D eigenvalue weighted by Gasteiger charge is 2.34. The molecule has 172 valence electrons. The molecule has 3 aromatic rings. The largest absolute Gasteiger partial charge is 0.497 e. The molecule has 0 saturated heterocycles. The van der Waals surface area contributed by atoms with E-state index in [0.717, 1.165) is 35.5 Å². The zero-order valence-electron chi connectivity index (χ0n) is 19.2. The molecule has 0 radical (unpaired) electrons. The Morgan fingerprint density at radius 2 is 1.71 bits per heavy atom. The molecule has 5 rings (SSSR count). The lowest BCUT2D eigenvalue weighted by Crippen LogP contribution is -2.24. The van der Waals surface area contributed by atoms with Crippen LogP contribution in [0.15, 0.2) is 78.0 Å². The molecule has 2 aliphatic rings. The summed E-state index contributed by atoms with van der Waals surface area (Å²) in [4.78, 5) is 26.2. The highest BCUT2D eigenvalue weighted by atomic mass is 16.5. The number of fused-ring (bicyclic) bond motifs is 1. The second-order valence-corrected chi connectivity index (χ2v) is 8.43. The second-order valence-electron chi connectivity index (χ2n) is 8.43. The Bertz CT molecular complexity index is 1300. The molecular weight excluding hydrogens is 428 g/mol. The quantitative estimate of drug-likeness (QED) is 0.495. The normalized spacial score (nSPS) is 17.0. The van der Waals surface area contributed by atoms with E-state index in [2.05, 4.69) is 10.6 Å². The molecule has 1 unspecified atom stereocenters. The molecule has 6 nitrogen and oxygen atoms in total. The van der Waals surface area contributed by atoms with E-state index in [4.69, 9.17) is 9.47 Å². The molecule has 6 heteroatoms. The van der Waals surface area contributed by atoms with E-state index in [-0.39, 0.29) is 11.6 Å². The fraction of sp³-hybridized carbons (Fsp3) is 0.214. The number of methoxy groups -OCH3 is 2. The van der Waals surface area contributed by atoms with Crippen molar-refractivity contribution in [1.82, 2.24) is 0 Å². The molecule has 1 heterocycles. The molecule has 0 amide bonds. The Kier molecular flexibility index (Phi) is 5.80. The first kappa shape index (κ1) is 21.8. The molecular formula is C28H26N2O4. The summed E-state index contributed by atoms with van der Waals surface area (Å²) in [7, 11) is 3.22. The molecule has 0 aromatic heterocycles. The molecule has 0 bridgehead atoms. The van der Waals surface area contributed by atoms with Gasteiger partial charge in [0.2, 0.25) is 0 Å². The summed E-state index contributed by atoms with van der Waals surface area (Å²) >= 11 is 0. The van der Waals surface area contributed by atoms with Crippen LogP contribution in [0.5, 0.6) is 11.5 Å². The molecule has 1 aliphatic heterocycles. The van der Waals surface area contributed by atoms with Gasteiger partial charge in [-0.15, -0.1) is 0 Å². The number of Topliss-reactive ketones (excluding diaryl/α,β-unsaturated/α-hetero) is 1. The number of ether oxygens (including phenoxy) is 2. The molecule has 1 atom stereocenters. The zero-order chi connectivity index (χ0) is 23.7. The van der Waals surface area contributed by atoms with Crippen LogP contribution in [0.2, 0.25) is 0 Å². The zero-order valence-corrected chi connectivity index (χ0v) is 19.2. The van der Waals surface area contributed by atoms with Gasteiger partial charge in [-0.25, -0.2) is 0 Å². The average Bonchev–Trinajstić information content (AvgIpc) is 3.05. The summed E-state index contributed by atoms with van der Waals surface area (Å²) < 4.78 is 11.0. The number of ketones is 2. The molecule has 2 N–H and O–H groups in total. The molecule has 0 fully saturated rings. The van der Waals surface area contributed by atoms with Gasteiger partial charge in [0.05, 0.1) is 31.6 Å². The highest BCUT2D eigenvalue weighted by Crippen LogP contribution is 2.43. The minimum Gasteiger partial charge on any atom is -0.497 e. The van der Waals surface area contributed by atoms with Gasteiger partial charge in [-0.05, 0) is 43.2 Å². The van der Waals surface area contributed by atoms with Gasteiger partial charge >= 0.3 is 0 Å². The second kappa shape index (κ2) is 9.06. The third kappa shape index (κ3) is 3.92. The van der Waals surface area contributed by atoms with Crippen LogP contribution in [0.3, 0.4) is 0 Å². The van der Waals surface area contributed by atoms with E-state index in [1.807, 2.05) is 66.7 Å². The average molecular weight is 455 g/mol. The van der Waals surface area contributed by atoms with Crippen LogP contribution in [0.25, 0.3) is 0 Å². The lowest BCUT2D eigenvalue weighted by Gasteiger charge is -2.26. The van der Waals surface area contributed by atoms with Gasteiger partial charge in [0.15, 0.2) is 11.6 Å². The standard InChI is InChI=1S/C28H26N2O4/c1-33-19-12-13-20(25(16-19)34-2)27-26-22(9-6-10-24(26)31)29-23-15-18(11-14-21(23)30-27)28(32)17-7-4-3-5-8-17/h3-5,7-8,11-16,27,29-30H,6,9-10H2,1-2H3. The molecule has 0 spiro atoms. The first-order valence-electron chi connectivity index (χ1n) is 11.3. The van der Waals surface area contributed by atoms with Crippen LogP contribution >= 0.6 is 0 Å². The number of anilines is 2. The minimum absolute atomic E-state index is 0.0447. The van der Waals surface area contributed by atoms with Crippen molar-refractivity contribution in [3.63, 3.8) is 0 Å². The summed E-state index contributed by atoms with van der Waals surface area (Å²) in [5.74, 6) is 1.39. The van der Waals surface area contributed by atoms with Crippen molar-refractivity contribution in [3.8, 4) is 11.5 Å². The number of rotatable bonds is 5. The fourth-order valence-electron chi connectivity index (χ4n) is 4.68. The van der Waals surface area contributed by atoms with Crippen LogP contribution in [0.1, 0.15) is 46.8 Å². The molecule has 34 heavy (non-hydrogen) atoms. The maximum Gasteiger partial charge on any atom is 0.193 e. The Hall–Kier alpha value is -4.06. The van der Waals surface area contributed by atoms with Crippen molar-refractivity contribution >= 4 is 22.9 Å². The third-order valence-corrected chi connectivity index (χ3v) is 6.40. The van der Waals surface area contributed by atoms with Gasteiger partial charge in [-0.2, -0.15) is 0 Å². The molecule has 3 aromatic carbocycles. The third-order valence-electron chi connectivity index (χ3n) is 6.40. The van der Waals surface area contributed by atoms with Gasteiger partial charge in [0.25, 0.3) is 0 Å². The number of benzene rings is 3. The van der Waals surface area contributed by atoms with E-state index in [9.17, 15) is 9.59 Å². The fourth-order valence-corrected chi connectivity index (χ4v) is 4.68.